The van der Waals surface area contributed by atoms with Gasteiger partial charge < -0.3 is 19.3 Å². The molecule has 0 amide bonds. The summed E-state index contributed by atoms with van der Waals surface area (Å²) in [5.74, 6) is 0.592. The van der Waals surface area contributed by atoms with Crippen LogP contribution in [-0.4, -0.2) is 24.8 Å². The van der Waals surface area contributed by atoms with Crippen LogP contribution in [-0.2, 0) is 16.0 Å². The maximum absolute atomic E-state index is 11.0. The Morgan fingerprint density at radius 1 is 1.23 bits per heavy atom. The largest absolute Gasteiger partial charge is 0.492 e. The van der Waals surface area contributed by atoms with Crippen molar-refractivity contribution in [1.82, 2.24) is 0 Å². The van der Waals surface area contributed by atoms with Gasteiger partial charge in [-0.1, -0.05) is 45.0 Å². The van der Waals surface area contributed by atoms with E-state index in [2.05, 4.69) is 39.0 Å². The summed E-state index contributed by atoms with van der Waals surface area (Å²) >= 11 is 0. The molecule has 0 bridgehead atoms. The van der Waals surface area contributed by atoms with Crippen LogP contribution in [0.1, 0.15) is 74.0 Å². The lowest BCUT2D eigenvalue weighted by Gasteiger charge is -2.31. The maximum atomic E-state index is 11.0. The number of fused-ring (bicyclic) bond motifs is 2. The Kier molecular flexibility index (Phi) is 5.49. The monoisotopic (exact) mass is 410 g/mol. The first kappa shape index (κ1) is 20.7. The van der Waals surface area contributed by atoms with E-state index in [0.29, 0.717) is 6.61 Å². The summed E-state index contributed by atoms with van der Waals surface area (Å²) < 4.78 is 18.0. The van der Waals surface area contributed by atoms with E-state index in [-0.39, 0.29) is 30.0 Å². The number of hydrogen-bond donors (Lipinski definition) is 1. The molecule has 5 heteroatoms. The van der Waals surface area contributed by atoms with E-state index in [9.17, 15) is 4.79 Å². The standard InChI is InChI=1S/C25H30O5/c1-25(2,3)24(28-4)20-7-5-6-19-18(20)10-11-21(19)30-16-8-9-17-15(12-23(26)27)14-29-22(17)13-16/h5-9,13,15,21,24H,10-12,14H2,1-4H3,(H,26,27)/t15?,21-,24+/m1/s1. The molecule has 2 aromatic carbocycles. The van der Waals surface area contributed by atoms with Crippen molar-refractivity contribution in [3.8, 4) is 11.5 Å². The van der Waals surface area contributed by atoms with Gasteiger partial charge in [0.05, 0.1) is 19.1 Å². The molecule has 3 atom stereocenters. The molecular weight excluding hydrogens is 380 g/mol. The number of hydrogen-bond acceptors (Lipinski definition) is 4. The summed E-state index contributed by atoms with van der Waals surface area (Å²) in [6.45, 7) is 7.01. The van der Waals surface area contributed by atoms with Crippen LogP contribution < -0.4 is 9.47 Å². The molecule has 4 rings (SSSR count). The average molecular weight is 411 g/mol. The number of ether oxygens (including phenoxy) is 3. The molecule has 5 nitrogen and oxygen atoms in total. The van der Waals surface area contributed by atoms with Crippen molar-refractivity contribution in [2.24, 2.45) is 5.41 Å². The molecule has 1 aliphatic heterocycles. The van der Waals surface area contributed by atoms with Gasteiger partial charge >= 0.3 is 5.97 Å². The van der Waals surface area contributed by atoms with Crippen LogP contribution in [0.15, 0.2) is 36.4 Å². The predicted octanol–water partition coefficient (Wildman–Crippen LogP) is 5.44. The van der Waals surface area contributed by atoms with E-state index in [1.165, 1.54) is 16.7 Å². The van der Waals surface area contributed by atoms with Crippen molar-refractivity contribution >= 4 is 5.97 Å². The van der Waals surface area contributed by atoms with Crippen LogP contribution in [0, 0.1) is 5.41 Å². The number of aliphatic carboxylic acids is 1. The Morgan fingerprint density at radius 2 is 2.03 bits per heavy atom. The summed E-state index contributed by atoms with van der Waals surface area (Å²) in [5, 5.41) is 9.08. The smallest absolute Gasteiger partial charge is 0.304 e. The highest BCUT2D eigenvalue weighted by atomic mass is 16.5. The van der Waals surface area contributed by atoms with Crippen molar-refractivity contribution < 1.29 is 24.1 Å². The molecule has 160 valence electrons. The molecule has 0 spiro atoms. The van der Waals surface area contributed by atoms with Gasteiger partial charge in [0, 0.05) is 24.7 Å². The number of methoxy groups -OCH3 is 1. The van der Waals surface area contributed by atoms with Crippen molar-refractivity contribution in [3.63, 3.8) is 0 Å². The molecule has 2 aliphatic rings. The van der Waals surface area contributed by atoms with Gasteiger partial charge in [-0.25, -0.2) is 0 Å². The average Bonchev–Trinajstić information content (AvgIpc) is 3.26. The molecule has 0 saturated carbocycles. The number of carboxylic acids is 1. The third-order valence-corrected chi connectivity index (χ3v) is 6.12. The van der Waals surface area contributed by atoms with Crippen molar-refractivity contribution in [2.75, 3.05) is 13.7 Å². The van der Waals surface area contributed by atoms with Gasteiger partial charge in [0.1, 0.15) is 17.6 Å². The zero-order valence-corrected chi connectivity index (χ0v) is 18.1. The minimum absolute atomic E-state index is 0.00658. The molecule has 1 aliphatic carbocycles. The summed E-state index contributed by atoms with van der Waals surface area (Å²) in [6.07, 6.45) is 2.00. The van der Waals surface area contributed by atoms with Crippen LogP contribution in [0.5, 0.6) is 11.5 Å². The highest BCUT2D eigenvalue weighted by Crippen LogP contribution is 2.45. The first-order valence-corrected chi connectivity index (χ1v) is 10.6. The Morgan fingerprint density at radius 3 is 2.73 bits per heavy atom. The Bertz CT molecular complexity index is 943. The van der Waals surface area contributed by atoms with E-state index in [1.807, 2.05) is 18.2 Å². The Hall–Kier alpha value is -2.53. The second-order valence-electron chi connectivity index (χ2n) is 9.35. The molecular formula is C25H30O5. The van der Waals surface area contributed by atoms with Gasteiger partial charge in [-0.2, -0.15) is 0 Å². The minimum Gasteiger partial charge on any atom is -0.492 e. The fourth-order valence-corrected chi connectivity index (χ4v) is 4.83. The lowest BCUT2D eigenvalue weighted by atomic mass is 9.82. The summed E-state index contributed by atoms with van der Waals surface area (Å²) in [5.41, 5.74) is 4.77. The van der Waals surface area contributed by atoms with Crippen molar-refractivity contribution in [3.05, 3.63) is 58.7 Å². The van der Waals surface area contributed by atoms with Gasteiger partial charge in [0.15, 0.2) is 0 Å². The SMILES string of the molecule is CO[C@@H](c1cccc2c1CC[C@H]2Oc1ccc2c(c1)OCC2CC(=O)O)C(C)(C)C. The van der Waals surface area contributed by atoms with E-state index >= 15 is 0 Å². The molecule has 0 fully saturated rings. The quantitative estimate of drug-likeness (QED) is 0.687. The summed E-state index contributed by atoms with van der Waals surface area (Å²) in [7, 11) is 1.78. The van der Waals surface area contributed by atoms with E-state index in [4.69, 9.17) is 19.3 Å². The number of carbonyl (C=O) groups is 1. The van der Waals surface area contributed by atoms with Crippen LogP contribution in [0.4, 0.5) is 0 Å². The molecule has 0 saturated heterocycles. The molecule has 1 unspecified atom stereocenters. The van der Waals surface area contributed by atoms with Crippen LogP contribution >= 0.6 is 0 Å². The predicted molar refractivity (Wildman–Crippen MR) is 114 cm³/mol. The maximum Gasteiger partial charge on any atom is 0.304 e. The molecule has 1 heterocycles. The normalized spacial score (nSPS) is 20.9. The van der Waals surface area contributed by atoms with Gasteiger partial charge in [-0.15, -0.1) is 0 Å². The lowest BCUT2D eigenvalue weighted by molar-refractivity contribution is -0.137. The topological polar surface area (TPSA) is 65.0 Å². The molecule has 0 aromatic heterocycles. The van der Waals surface area contributed by atoms with Gasteiger partial charge in [-0.3, -0.25) is 4.79 Å². The van der Waals surface area contributed by atoms with Gasteiger partial charge in [0.25, 0.3) is 0 Å². The zero-order valence-electron chi connectivity index (χ0n) is 18.1. The first-order chi connectivity index (χ1) is 14.3. The third-order valence-electron chi connectivity index (χ3n) is 6.12. The number of carboxylic acid groups (broad SMARTS) is 1. The van der Waals surface area contributed by atoms with E-state index in [1.54, 1.807) is 7.11 Å². The van der Waals surface area contributed by atoms with Gasteiger partial charge in [-0.05, 0) is 41.0 Å². The second kappa shape index (κ2) is 7.95. The lowest BCUT2D eigenvalue weighted by Crippen LogP contribution is -2.21. The van der Waals surface area contributed by atoms with Crippen LogP contribution in [0.25, 0.3) is 0 Å². The first-order valence-electron chi connectivity index (χ1n) is 10.6. The fourth-order valence-electron chi connectivity index (χ4n) is 4.83. The second-order valence-corrected chi connectivity index (χ2v) is 9.35. The highest BCUT2D eigenvalue weighted by molar-refractivity contribution is 5.68. The summed E-state index contributed by atoms with van der Waals surface area (Å²) in [6, 6.07) is 12.2. The molecule has 0 radical (unpaired) electrons. The van der Waals surface area contributed by atoms with Crippen LogP contribution in [0.3, 0.4) is 0 Å². The molecule has 1 N–H and O–H groups in total. The van der Waals surface area contributed by atoms with Gasteiger partial charge in [0.2, 0.25) is 0 Å². The number of benzene rings is 2. The van der Waals surface area contributed by atoms with E-state index in [0.717, 1.165) is 29.9 Å². The molecule has 30 heavy (non-hydrogen) atoms. The molecule has 2 aromatic rings. The highest BCUT2D eigenvalue weighted by Gasteiger charge is 2.33. The fraction of sp³-hybridized carbons (Fsp3) is 0.480. The Balaban J connectivity index is 1.56. The minimum atomic E-state index is -0.806. The third kappa shape index (κ3) is 3.91. The Labute approximate surface area is 178 Å². The zero-order chi connectivity index (χ0) is 21.5. The van der Waals surface area contributed by atoms with Crippen LogP contribution in [0.2, 0.25) is 0 Å². The number of rotatable bonds is 6. The van der Waals surface area contributed by atoms with E-state index < -0.39 is 5.97 Å². The summed E-state index contributed by atoms with van der Waals surface area (Å²) in [4.78, 5) is 11.0. The van der Waals surface area contributed by atoms with Crippen molar-refractivity contribution in [2.45, 2.75) is 58.2 Å². The van der Waals surface area contributed by atoms with Crippen molar-refractivity contribution in [1.29, 1.82) is 0 Å².